The van der Waals surface area contributed by atoms with E-state index >= 15 is 0 Å². The summed E-state index contributed by atoms with van der Waals surface area (Å²) in [7, 11) is 0. The Morgan fingerprint density at radius 3 is 2.44 bits per heavy atom. The van der Waals surface area contributed by atoms with Crippen molar-refractivity contribution in [3.63, 3.8) is 0 Å². The number of amides is 3. The highest BCUT2D eigenvalue weighted by atomic mass is 16.6. The number of ether oxygens (including phenoxy) is 1. The van der Waals surface area contributed by atoms with E-state index in [2.05, 4.69) is 24.1 Å². The lowest BCUT2D eigenvalue weighted by Crippen LogP contribution is -2.49. The molecule has 0 radical (unpaired) electrons. The average Bonchev–Trinajstić information content (AvgIpc) is 2.69. The molecule has 7 nitrogen and oxygen atoms in total. The summed E-state index contributed by atoms with van der Waals surface area (Å²) < 4.78 is 5.23. The van der Waals surface area contributed by atoms with E-state index in [1.165, 1.54) is 0 Å². The molecule has 3 amide bonds. The van der Waals surface area contributed by atoms with Crippen LogP contribution in [0.1, 0.15) is 78.0 Å². The highest BCUT2D eigenvalue weighted by molar-refractivity contribution is 5.90. The van der Waals surface area contributed by atoms with Gasteiger partial charge in [-0.05, 0) is 58.2 Å². The van der Waals surface area contributed by atoms with Crippen LogP contribution in [0.4, 0.5) is 4.79 Å². The van der Waals surface area contributed by atoms with Crippen LogP contribution < -0.4 is 10.6 Å². The number of unbranched alkanes of at least 4 members (excludes halogenated alkanes) is 2. The largest absolute Gasteiger partial charge is 0.444 e. The fraction of sp³-hybridized carbons (Fsp3) is 0.560. The summed E-state index contributed by atoms with van der Waals surface area (Å²) in [5.74, 6) is -0.608. The fourth-order valence-corrected chi connectivity index (χ4v) is 3.19. The van der Waals surface area contributed by atoms with Crippen molar-refractivity contribution in [3.8, 4) is 0 Å². The Hall–Kier alpha value is -2.83. The van der Waals surface area contributed by atoms with Gasteiger partial charge in [0, 0.05) is 12.6 Å². The molecule has 1 atom stereocenters. The summed E-state index contributed by atoms with van der Waals surface area (Å²) in [5.41, 5.74) is 0.888. The topological polar surface area (TPSA) is 87.7 Å². The zero-order chi connectivity index (χ0) is 24.3. The molecule has 1 aromatic rings. The molecule has 7 heteroatoms. The summed E-state index contributed by atoms with van der Waals surface area (Å²) >= 11 is 0. The molecule has 0 aliphatic rings. The number of benzene rings is 1. The Bertz CT molecular complexity index is 784. The SMILES string of the molecule is C=Cc1cccc(C(C(=O)NC(C)C)N(CCCCC)C(=O)CNC(=O)OC(C)(C)C)c1. The van der Waals surface area contributed by atoms with Gasteiger partial charge in [0.15, 0.2) is 0 Å². The molecular weight excluding hydrogens is 406 g/mol. The second-order valence-corrected chi connectivity index (χ2v) is 9.09. The fourth-order valence-electron chi connectivity index (χ4n) is 3.19. The van der Waals surface area contributed by atoms with Gasteiger partial charge in [0.25, 0.3) is 0 Å². The van der Waals surface area contributed by atoms with Gasteiger partial charge in [-0.3, -0.25) is 9.59 Å². The van der Waals surface area contributed by atoms with E-state index in [4.69, 9.17) is 4.74 Å². The summed E-state index contributed by atoms with van der Waals surface area (Å²) in [6, 6.07) is 6.52. The molecule has 0 saturated carbocycles. The Balaban J connectivity index is 3.22. The highest BCUT2D eigenvalue weighted by Crippen LogP contribution is 2.24. The quantitative estimate of drug-likeness (QED) is 0.493. The first-order chi connectivity index (χ1) is 15.0. The number of hydrogen-bond acceptors (Lipinski definition) is 4. The highest BCUT2D eigenvalue weighted by Gasteiger charge is 2.32. The van der Waals surface area contributed by atoms with Gasteiger partial charge in [-0.25, -0.2) is 4.79 Å². The zero-order valence-electron chi connectivity index (χ0n) is 20.4. The minimum absolute atomic E-state index is 0.0833. The minimum atomic E-state index is -0.818. The predicted molar refractivity (Wildman–Crippen MR) is 128 cm³/mol. The molecule has 0 aliphatic carbocycles. The lowest BCUT2D eigenvalue weighted by Gasteiger charge is -2.32. The number of nitrogens with one attached hydrogen (secondary N) is 2. The molecule has 0 aromatic heterocycles. The molecule has 178 valence electrons. The number of alkyl carbamates (subject to hydrolysis) is 1. The maximum Gasteiger partial charge on any atom is 0.408 e. The number of carbonyl (C=O) groups is 3. The van der Waals surface area contributed by atoms with Crippen molar-refractivity contribution in [2.45, 2.75) is 78.5 Å². The van der Waals surface area contributed by atoms with Gasteiger partial charge < -0.3 is 20.3 Å². The Morgan fingerprint density at radius 1 is 1.19 bits per heavy atom. The zero-order valence-corrected chi connectivity index (χ0v) is 20.4. The first-order valence-electron chi connectivity index (χ1n) is 11.3. The van der Waals surface area contributed by atoms with Gasteiger partial charge in [0.1, 0.15) is 18.2 Å². The molecule has 0 aliphatic heterocycles. The summed E-state index contributed by atoms with van der Waals surface area (Å²) in [4.78, 5) is 40.0. The monoisotopic (exact) mass is 445 g/mol. The van der Waals surface area contributed by atoms with Crippen LogP contribution in [0.15, 0.2) is 30.8 Å². The van der Waals surface area contributed by atoms with Gasteiger partial charge in [-0.1, -0.05) is 50.6 Å². The third-order valence-corrected chi connectivity index (χ3v) is 4.56. The van der Waals surface area contributed by atoms with Crippen molar-refractivity contribution in [3.05, 3.63) is 42.0 Å². The van der Waals surface area contributed by atoms with Gasteiger partial charge in [-0.2, -0.15) is 0 Å². The summed E-state index contributed by atoms with van der Waals surface area (Å²) in [6.45, 7) is 15.0. The van der Waals surface area contributed by atoms with Crippen LogP contribution in [0.3, 0.4) is 0 Å². The van der Waals surface area contributed by atoms with Crippen molar-refractivity contribution in [2.24, 2.45) is 0 Å². The molecule has 1 aromatic carbocycles. The van der Waals surface area contributed by atoms with Crippen LogP contribution in [-0.2, 0) is 14.3 Å². The first-order valence-corrected chi connectivity index (χ1v) is 11.3. The standard InChI is InChI=1S/C25H39N3O4/c1-8-10-11-15-28(21(29)17-26-24(31)32-25(5,6)7)22(23(30)27-18(3)4)20-14-12-13-19(9-2)16-20/h9,12-14,16,18,22H,2,8,10-11,15,17H2,1,3-7H3,(H,26,31)(H,27,30). The van der Waals surface area contributed by atoms with Crippen molar-refractivity contribution >= 4 is 24.0 Å². The van der Waals surface area contributed by atoms with Crippen molar-refractivity contribution in [1.29, 1.82) is 0 Å². The van der Waals surface area contributed by atoms with E-state index in [1.54, 1.807) is 31.7 Å². The molecule has 0 spiro atoms. The van der Waals surface area contributed by atoms with E-state index in [0.29, 0.717) is 12.1 Å². The van der Waals surface area contributed by atoms with Crippen molar-refractivity contribution < 1.29 is 19.1 Å². The van der Waals surface area contributed by atoms with Crippen molar-refractivity contribution in [2.75, 3.05) is 13.1 Å². The van der Waals surface area contributed by atoms with Gasteiger partial charge >= 0.3 is 6.09 Å². The molecule has 0 bridgehead atoms. The molecule has 0 heterocycles. The third-order valence-electron chi connectivity index (χ3n) is 4.56. The van der Waals surface area contributed by atoms with Gasteiger partial charge in [0.2, 0.25) is 11.8 Å². The molecule has 2 N–H and O–H groups in total. The Morgan fingerprint density at radius 2 is 1.88 bits per heavy atom. The predicted octanol–water partition coefficient (Wildman–Crippen LogP) is 4.44. The molecule has 0 fully saturated rings. The second kappa shape index (κ2) is 12.9. The normalized spacial score (nSPS) is 12.1. The van der Waals surface area contributed by atoms with E-state index < -0.39 is 17.7 Å². The molecule has 0 saturated heterocycles. The molecular formula is C25H39N3O4. The first kappa shape index (κ1) is 27.2. The number of carbonyl (C=O) groups excluding carboxylic acids is 3. The minimum Gasteiger partial charge on any atom is -0.444 e. The smallest absolute Gasteiger partial charge is 0.408 e. The number of hydrogen-bond donors (Lipinski definition) is 2. The van der Waals surface area contributed by atoms with Crippen LogP contribution in [0.5, 0.6) is 0 Å². The van der Waals surface area contributed by atoms with E-state index in [-0.39, 0.29) is 24.4 Å². The van der Waals surface area contributed by atoms with E-state index in [1.807, 2.05) is 38.1 Å². The summed E-state index contributed by atoms with van der Waals surface area (Å²) in [6.07, 6.45) is 3.69. The number of nitrogens with zero attached hydrogens (tertiary/aromatic N) is 1. The maximum absolute atomic E-state index is 13.2. The van der Waals surface area contributed by atoms with Crippen LogP contribution >= 0.6 is 0 Å². The maximum atomic E-state index is 13.2. The van der Waals surface area contributed by atoms with Gasteiger partial charge in [-0.15, -0.1) is 0 Å². The third kappa shape index (κ3) is 9.54. The van der Waals surface area contributed by atoms with Crippen LogP contribution in [0.2, 0.25) is 0 Å². The number of rotatable bonds is 11. The molecule has 1 rings (SSSR count). The second-order valence-electron chi connectivity index (χ2n) is 9.09. The van der Waals surface area contributed by atoms with Gasteiger partial charge in [0.05, 0.1) is 0 Å². The lowest BCUT2D eigenvalue weighted by molar-refractivity contribution is -0.140. The van der Waals surface area contributed by atoms with E-state index in [0.717, 1.165) is 24.8 Å². The molecule has 1 unspecified atom stereocenters. The molecule has 32 heavy (non-hydrogen) atoms. The van der Waals surface area contributed by atoms with Crippen LogP contribution in [0.25, 0.3) is 6.08 Å². The van der Waals surface area contributed by atoms with E-state index in [9.17, 15) is 14.4 Å². The lowest BCUT2D eigenvalue weighted by atomic mass is 10.0. The Kier molecular flexibility index (Phi) is 11.0. The van der Waals surface area contributed by atoms with Crippen molar-refractivity contribution in [1.82, 2.24) is 15.5 Å². The Labute approximate surface area is 192 Å². The van der Waals surface area contributed by atoms with Crippen LogP contribution in [0, 0.1) is 0 Å². The average molecular weight is 446 g/mol. The van der Waals surface area contributed by atoms with Crippen LogP contribution in [-0.4, -0.2) is 47.5 Å². The summed E-state index contributed by atoms with van der Waals surface area (Å²) in [5, 5.41) is 5.45.